The van der Waals surface area contributed by atoms with Crippen LogP contribution in [-0.4, -0.2) is 39.6 Å². The molecule has 7 nitrogen and oxygen atoms in total. The first kappa shape index (κ1) is 20.0. The molecule has 1 aliphatic heterocycles. The van der Waals surface area contributed by atoms with Crippen molar-refractivity contribution in [2.24, 2.45) is 5.41 Å². The monoisotopic (exact) mass is 420 g/mol. The van der Waals surface area contributed by atoms with Gasteiger partial charge in [-0.05, 0) is 36.5 Å². The lowest BCUT2D eigenvalue weighted by molar-refractivity contribution is 0.0260. The second-order valence-corrected chi connectivity index (χ2v) is 9.44. The highest BCUT2D eigenvalue weighted by Gasteiger charge is 2.35. The van der Waals surface area contributed by atoms with E-state index in [1.807, 2.05) is 25.3 Å². The Balaban J connectivity index is 1.72. The molecule has 0 atom stereocenters. The van der Waals surface area contributed by atoms with Gasteiger partial charge in [-0.2, -0.15) is 0 Å². The molecule has 1 aliphatic carbocycles. The summed E-state index contributed by atoms with van der Waals surface area (Å²) in [6.07, 6.45) is 6.60. The lowest BCUT2D eigenvalue weighted by Gasteiger charge is -2.30. The van der Waals surface area contributed by atoms with E-state index in [4.69, 9.17) is 15.2 Å². The van der Waals surface area contributed by atoms with Crippen LogP contribution < -0.4 is 10.5 Å². The van der Waals surface area contributed by atoms with Crippen LogP contribution in [0.2, 0.25) is 0 Å². The molecule has 0 bridgehead atoms. The molecule has 162 valence electrons. The summed E-state index contributed by atoms with van der Waals surface area (Å²) in [6.45, 7) is 7.67. The highest BCUT2D eigenvalue weighted by molar-refractivity contribution is 6.01. The largest absolute Gasteiger partial charge is 0.486 e. The van der Waals surface area contributed by atoms with Gasteiger partial charge in [-0.3, -0.25) is 4.79 Å². The number of fused-ring (bicyclic) bond motifs is 2. The number of nitrogens with zero attached hydrogens (tertiary/aromatic N) is 3. The molecule has 7 heteroatoms. The molecule has 1 aromatic carbocycles. The Morgan fingerprint density at radius 2 is 1.97 bits per heavy atom. The predicted molar refractivity (Wildman–Crippen MR) is 119 cm³/mol. The molecular weight excluding hydrogens is 392 g/mol. The van der Waals surface area contributed by atoms with Crippen LogP contribution >= 0.6 is 0 Å². The maximum Gasteiger partial charge on any atom is 0.170 e. The van der Waals surface area contributed by atoms with Gasteiger partial charge in [-0.25, -0.2) is 9.97 Å². The summed E-state index contributed by atoms with van der Waals surface area (Å²) in [5.41, 5.74) is 10.5. The van der Waals surface area contributed by atoms with Crippen LogP contribution in [0, 0.1) is 12.3 Å². The highest BCUT2D eigenvalue weighted by atomic mass is 16.5. The molecule has 5 rings (SSSR count). The van der Waals surface area contributed by atoms with E-state index in [0.717, 1.165) is 47.2 Å². The van der Waals surface area contributed by atoms with Gasteiger partial charge in [0.25, 0.3) is 0 Å². The maximum absolute atomic E-state index is 12.9. The number of nitrogen functional groups attached to an aromatic ring is 1. The van der Waals surface area contributed by atoms with E-state index in [2.05, 4.69) is 28.4 Å². The van der Waals surface area contributed by atoms with Gasteiger partial charge in [0.2, 0.25) is 0 Å². The Hall–Kier alpha value is -2.93. The average Bonchev–Trinajstić information content (AvgIpc) is 3.04. The number of ether oxygens (including phenoxy) is 2. The summed E-state index contributed by atoms with van der Waals surface area (Å²) in [5, 5.41) is 0.766. The van der Waals surface area contributed by atoms with Crippen LogP contribution in [0.3, 0.4) is 0 Å². The standard InChI is InChI=1S/C24H28N4O3/c1-14-12-28(18-10-24(2,3)11-19(29)20(14)18)17-5-4-16-21(26-13-27-23(16)25)22(17)31-15-6-8-30-9-7-15/h4-5,12-13,15H,6-11H2,1-3H3,(H2,25,26,27). The van der Waals surface area contributed by atoms with E-state index in [1.165, 1.54) is 6.33 Å². The summed E-state index contributed by atoms with van der Waals surface area (Å²) < 4.78 is 14.2. The van der Waals surface area contributed by atoms with Gasteiger partial charge in [0, 0.05) is 42.1 Å². The molecule has 0 unspecified atom stereocenters. The number of nitrogens with two attached hydrogens (primary N) is 1. The van der Waals surface area contributed by atoms with Crippen LogP contribution in [0.1, 0.15) is 54.7 Å². The molecule has 2 aromatic heterocycles. The normalized spacial score (nSPS) is 18.9. The predicted octanol–water partition coefficient (Wildman–Crippen LogP) is 4.02. The number of carbonyl (C=O) groups is 1. The molecule has 0 amide bonds. The van der Waals surface area contributed by atoms with Crippen molar-refractivity contribution in [3.8, 4) is 11.4 Å². The first-order valence-electron chi connectivity index (χ1n) is 10.9. The number of carbonyl (C=O) groups excluding carboxylic acids is 1. The fourth-order valence-corrected chi connectivity index (χ4v) is 4.87. The number of rotatable bonds is 3. The number of hydrogen-bond donors (Lipinski definition) is 1. The Bertz CT molecular complexity index is 1180. The third-order valence-electron chi connectivity index (χ3n) is 6.34. The van der Waals surface area contributed by atoms with Crippen LogP contribution in [0.25, 0.3) is 16.6 Å². The van der Waals surface area contributed by atoms with E-state index < -0.39 is 0 Å². The first-order chi connectivity index (χ1) is 14.8. The molecule has 0 spiro atoms. The van der Waals surface area contributed by atoms with Gasteiger partial charge in [0.05, 0.1) is 18.9 Å². The highest BCUT2D eigenvalue weighted by Crippen LogP contribution is 2.41. The molecule has 0 saturated carbocycles. The van der Waals surface area contributed by atoms with Crippen LogP contribution in [0.5, 0.6) is 5.75 Å². The number of aryl methyl sites for hydroxylation is 1. The summed E-state index contributed by atoms with van der Waals surface area (Å²) in [6, 6.07) is 3.94. The lowest BCUT2D eigenvalue weighted by atomic mass is 9.75. The van der Waals surface area contributed by atoms with E-state index in [-0.39, 0.29) is 17.3 Å². The summed E-state index contributed by atoms with van der Waals surface area (Å²) >= 11 is 0. The van der Waals surface area contributed by atoms with E-state index in [0.29, 0.717) is 36.7 Å². The summed E-state index contributed by atoms with van der Waals surface area (Å²) in [5.74, 6) is 1.32. The lowest BCUT2D eigenvalue weighted by Crippen LogP contribution is -2.28. The Labute approximate surface area is 181 Å². The van der Waals surface area contributed by atoms with Crippen molar-refractivity contribution in [1.82, 2.24) is 14.5 Å². The molecule has 2 N–H and O–H groups in total. The van der Waals surface area contributed by atoms with E-state index in [1.54, 1.807) is 0 Å². The molecule has 31 heavy (non-hydrogen) atoms. The third kappa shape index (κ3) is 3.47. The van der Waals surface area contributed by atoms with Crippen LogP contribution in [0.4, 0.5) is 5.82 Å². The Kier molecular flexibility index (Phi) is 4.73. The van der Waals surface area contributed by atoms with Gasteiger partial charge in [0.15, 0.2) is 11.5 Å². The minimum atomic E-state index is -0.0855. The molecule has 3 aromatic rings. The number of hydrogen-bond acceptors (Lipinski definition) is 6. The summed E-state index contributed by atoms with van der Waals surface area (Å²) in [4.78, 5) is 21.6. The number of Topliss-reactive ketones (excluding diaryl/α,β-unsaturated/α-hetero) is 1. The minimum Gasteiger partial charge on any atom is -0.486 e. The van der Waals surface area contributed by atoms with Crippen molar-refractivity contribution in [3.05, 3.63) is 41.5 Å². The van der Waals surface area contributed by atoms with Gasteiger partial charge in [0.1, 0.15) is 23.8 Å². The first-order valence-corrected chi connectivity index (χ1v) is 10.9. The Morgan fingerprint density at radius 3 is 2.74 bits per heavy atom. The minimum absolute atomic E-state index is 0.0415. The van der Waals surface area contributed by atoms with Crippen molar-refractivity contribution < 1.29 is 14.3 Å². The van der Waals surface area contributed by atoms with Crippen molar-refractivity contribution in [3.63, 3.8) is 0 Å². The SMILES string of the molecule is Cc1cn(-c2ccc3c(N)ncnc3c2OC2CCOCC2)c2c1C(=O)CC(C)(C)C2. The van der Waals surface area contributed by atoms with E-state index >= 15 is 0 Å². The molecule has 2 aliphatic rings. The number of ketones is 1. The molecule has 3 heterocycles. The van der Waals surface area contributed by atoms with Gasteiger partial charge in [-0.1, -0.05) is 13.8 Å². The fourth-order valence-electron chi connectivity index (χ4n) is 4.87. The number of benzene rings is 1. The average molecular weight is 421 g/mol. The number of aromatic nitrogens is 3. The van der Waals surface area contributed by atoms with Crippen LogP contribution in [0.15, 0.2) is 24.7 Å². The van der Waals surface area contributed by atoms with Gasteiger partial charge >= 0.3 is 0 Å². The quantitative estimate of drug-likeness (QED) is 0.688. The zero-order valence-electron chi connectivity index (χ0n) is 18.3. The molecule has 1 saturated heterocycles. The third-order valence-corrected chi connectivity index (χ3v) is 6.34. The zero-order valence-corrected chi connectivity index (χ0v) is 18.3. The topological polar surface area (TPSA) is 92.3 Å². The maximum atomic E-state index is 12.9. The van der Waals surface area contributed by atoms with Crippen molar-refractivity contribution in [2.75, 3.05) is 18.9 Å². The second kappa shape index (κ2) is 7.34. The van der Waals surface area contributed by atoms with Gasteiger partial charge < -0.3 is 19.8 Å². The molecular formula is C24H28N4O3. The number of anilines is 1. The van der Waals surface area contributed by atoms with Crippen molar-refractivity contribution in [1.29, 1.82) is 0 Å². The van der Waals surface area contributed by atoms with Crippen molar-refractivity contribution >= 4 is 22.5 Å². The van der Waals surface area contributed by atoms with Crippen LogP contribution in [-0.2, 0) is 11.2 Å². The second-order valence-electron chi connectivity index (χ2n) is 9.44. The Morgan fingerprint density at radius 1 is 1.19 bits per heavy atom. The summed E-state index contributed by atoms with van der Waals surface area (Å²) in [7, 11) is 0. The fraction of sp³-hybridized carbons (Fsp3) is 0.458. The van der Waals surface area contributed by atoms with Gasteiger partial charge in [-0.15, -0.1) is 0 Å². The smallest absolute Gasteiger partial charge is 0.170 e. The van der Waals surface area contributed by atoms with E-state index in [9.17, 15) is 4.79 Å². The zero-order chi connectivity index (χ0) is 21.8. The molecule has 1 fully saturated rings. The molecule has 0 radical (unpaired) electrons. The van der Waals surface area contributed by atoms with Crippen molar-refractivity contribution in [2.45, 2.75) is 52.6 Å².